The molecule has 3 heterocycles. The van der Waals surface area contributed by atoms with Crippen molar-refractivity contribution in [3.8, 4) is 0 Å². The molecule has 0 fully saturated rings. The van der Waals surface area contributed by atoms with Gasteiger partial charge >= 0.3 is 0 Å². The Balaban J connectivity index is 1.62. The van der Waals surface area contributed by atoms with Crippen LogP contribution in [-0.4, -0.2) is 23.5 Å². The van der Waals surface area contributed by atoms with Crippen molar-refractivity contribution in [2.75, 3.05) is 13.7 Å². The molecular formula is C18H17ClFN3O. The lowest BCUT2D eigenvalue weighted by Crippen LogP contribution is -2.30. The van der Waals surface area contributed by atoms with E-state index in [4.69, 9.17) is 16.3 Å². The first-order valence-electron chi connectivity index (χ1n) is 7.77. The zero-order valence-corrected chi connectivity index (χ0v) is 14.0. The van der Waals surface area contributed by atoms with Crippen LogP contribution in [0.4, 0.5) is 4.39 Å². The monoisotopic (exact) mass is 345 g/mol. The molecule has 0 spiro atoms. The van der Waals surface area contributed by atoms with E-state index in [-0.39, 0.29) is 10.8 Å². The highest BCUT2D eigenvalue weighted by atomic mass is 35.5. The van der Waals surface area contributed by atoms with Gasteiger partial charge in [-0.05, 0) is 24.1 Å². The van der Waals surface area contributed by atoms with Crippen LogP contribution in [0.25, 0.3) is 0 Å². The molecule has 0 unspecified atom stereocenters. The minimum absolute atomic E-state index is 0.159. The summed E-state index contributed by atoms with van der Waals surface area (Å²) in [6.45, 7) is 1.56. The third-order valence-electron chi connectivity index (χ3n) is 4.40. The molecule has 124 valence electrons. The second kappa shape index (κ2) is 5.91. The van der Waals surface area contributed by atoms with Crippen LogP contribution in [-0.2, 0) is 11.3 Å². The molecule has 0 bridgehead atoms. The summed E-state index contributed by atoms with van der Waals surface area (Å²) >= 11 is 5.88. The number of methoxy groups -OCH3 is 1. The third kappa shape index (κ3) is 2.55. The first-order chi connectivity index (χ1) is 11.7. The fraction of sp³-hybridized carbons (Fsp3) is 0.222. The fourth-order valence-corrected chi connectivity index (χ4v) is 3.43. The smallest absolute Gasteiger partial charge is 0.144 e. The van der Waals surface area contributed by atoms with Crippen molar-refractivity contribution in [1.82, 2.24) is 15.1 Å². The van der Waals surface area contributed by atoms with E-state index in [1.165, 1.54) is 11.6 Å². The van der Waals surface area contributed by atoms with E-state index in [0.29, 0.717) is 6.54 Å². The van der Waals surface area contributed by atoms with Crippen LogP contribution in [0.3, 0.4) is 0 Å². The molecule has 6 heteroatoms. The summed E-state index contributed by atoms with van der Waals surface area (Å²) in [5, 5.41) is 3.45. The van der Waals surface area contributed by atoms with Gasteiger partial charge in [0, 0.05) is 42.8 Å². The van der Waals surface area contributed by atoms with E-state index in [1.807, 2.05) is 23.5 Å². The van der Waals surface area contributed by atoms with Gasteiger partial charge in [0.2, 0.25) is 0 Å². The lowest BCUT2D eigenvalue weighted by Gasteiger charge is -2.34. The van der Waals surface area contributed by atoms with E-state index in [1.54, 1.807) is 19.2 Å². The quantitative estimate of drug-likeness (QED) is 0.905. The van der Waals surface area contributed by atoms with Gasteiger partial charge in [-0.25, -0.2) is 4.39 Å². The van der Waals surface area contributed by atoms with Crippen LogP contribution in [0.5, 0.6) is 0 Å². The van der Waals surface area contributed by atoms with E-state index in [2.05, 4.69) is 16.4 Å². The predicted molar refractivity (Wildman–Crippen MR) is 90.8 cm³/mol. The molecule has 0 amide bonds. The highest BCUT2D eigenvalue weighted by Crippen LogP contribution is 2.36. The maximum atomic E-state index is 13.3. The van der Waals surface area contributed by atoms with Crippen molar-refractivity contribution < 1.29 is 9.13 Å². The van der Waals surface area contributed by atoms with Gasteiger partial charge in [0.25, 0.3) is 0 Å². The molecule has 0 aliphatic carbocycles. The Morgan fingerprint density at radius 3 is 3.00 bits per heavy atom. The molecule has 1 aromatic rings. The van der Waals surface area contributed by atoms with Crippen molar-refractivity contribution in [3.63, 3.8) is 0 Å². The average Bonchev–Trinajstić information content (AvgIpc) is 3.06. The van der Waals surface area contributed by atoms with Gasteiger partial charge in [-0.15, -0.1) is 0 Å². The van der Waals surface area contributed by atoms with Crippen molar-refractivity contribution in [1.29, 1.82) is 0 Å². The summed E-state index contributed by atoms with van der Waals surface area (Å²) < 4.78 is 18.9. The van der Waals surface area contributed by atoms with Crippen LogP contribution in [0.15, 0.2) is 65.7 Å². The summed E-state index contributed by atoms with van der Waals surface area (Å²) in [5.41, 5.74) is 3.31. The summed E-state index contributed by atoms with van der Waals surface area (Å²) in [4.78, 5) is 4.24. The number of halogens is 2. The van der Waals surface area contributed by atoms with E-state index < -0.39 is 0 Å². The SMILES string of the molecule is COC1=CN2C=CNC2=C2CCN(Cc3ccc(F)c(Cl)c3)C=C12. The van der Waals surface area contributed by atoms with Crippen LogP contribution in [0.2, 0.25) is 5.02 Å². The summed E-state index contributed by atoms with van der Waals surface area (Å²) in [6, 6.07) is 4.86. The van der Waals surface area contributed by atoms with Crippen LogP contribution < -0.4 is 5.32 Å². The average molecular weight is 346 g/mol. The number of ether oxygens (including phenoxy) is 1. The number of allylic oxidation sites excluding steroid dienone is 1. The van der Waals surface area contributed by atoms with Crippen LogP contribution in [0, 0.1) is 5.82 Å². The molecular weight excluding hydrogens is 329 g/mol. The minimum atomic E-state index is -0.388. The zero-order valence-electron chi connectivity index (χ0n) is 13.2. The molecule has 24 heavy (non-hydrogen) atoms. The second-order valence-electron chi connectivity index (χ2n) is 5.90. The number of benzene rings is 1. The van der Waals surface area contributed by atoms with Gasteiger partial charge in [0.15, 0.2) is 0 Å². The Morgan fingerprint density at radius 1 is 1.33 bits per heavy atom. The molecule has 0 radical (unpaired) electrons. The summed E-state index contributed by atoms with van der Waals surface area (Å²) in [5.74, 6) is 1.54. The van der Waals surface area contributed by atoms with E-state index >= 15 is 0 Å². The number of fused-ring (bicyclic) bond motifs is 2. The van der Waals surface area contributed by atoms with Crippen LogP contribution in [0.1, 0.15) is 12.0 Å². The van der Waals surface area contributed by atoms with Crippen molar-refractivity contribution in [2.45, 2.75) is 13.0 Å². The largest absolute Gasteiger partial charge is 0.495 e. The molecule has 0 aromatic heterocycles. The second-order valence-corrected chi connectivity index (χ2v) is 6.31. The van der Waals surface area contributed by atoms with Crippen LogP contribution >= 0.6 is 11.6 Å². The molecule has 4 nitrogen and oxygen atoms in total. The molecule has 3 aliphatic rings. The van der Waals surface area contributed by atoms with Gasteiger partial charge in [0.05, 0.1) is 18.3 Å². The Morgan fingerprint density at radius 2 is 2.21 bits per heavy atom. The summed E-state index contributed by atoms with van der Waals surface area (Å²) in [7, 11) is 1.68. The third-order valence-corrected chi connectivity index (χ3v) is 4.69. The Kier molecular flexibility index (Phi) is 3.73. The molecule has 1 aromatic carbocycles. The maximum Gasteiger partial charge on any atom is 0.144 e. The Labute approximate surface area is 145 Å². The number of nitrogens with one attached hydrogen (secondary N) is 1. The summed E-state index contributed by atoms with van der Waals surface area (Å²) in [6.07, 6.45) is 8.88. The van der Waals surface area contributed by atoms with Gasteiger partial charge in [-0.1, -0.05) is 17.7 Å². The van der Waals surface area contributed by atoms with Gasteiger partial charge in [0.1, 0.15) is 17.4 Å². The molecule has 3 aliphatic heterocycles. The number of hydrogen-bond donors (Lipinski definition) is 1. The molecule has 1 N–H and O–H groups in total. The molecule has 4 rings (SSSR count). The topological polar surface area (TPSA) is 27.7 Å². The molecule has 0 atom stereocenters. The highest BCUT2D eigenvalue weighted by Gasteiger charge is 2.29. The lowest BCUT2D eigenvalue weighted by atomic mass is 9.95. The zero-order chi connectivity index (χ0) is 16.7. The first kappa shape index (κ1) is 15.1. The highest BCUT2D eigenvalue weighted by molar-refractivity contribution is 6.30. The maximum absolute atomic E-state index is 13.3. The lowest BCUT2D eigenvalue weighted by molar-refractivity contribution is 0.278. The fourth-order valence-electron chi connectivity index (χ4n) is 3.23. The minimum Gasteiger partial charge on any atom is -0.495 e. The Bertz CT molecular complexity index is 812. The van der Waals surface area contributed by atoms with E-state index in [9.17, 15) is 4.39 Å². The molecule has 0 saturated heterocycles. The van der Waals surface area contributed by atoms with Crippen molar-refractivity contribution in [2.24, 2.45) is 0 Å². The Hall–Kier alpha value is -2.40. The number of rotatable bonds is 3. The standard InChI is InChI=1S/C18H17ClFN3O/c1-24-17-11-23-7-5-21-18(23)13-4-6-22(10-14(13)17)9-12-2-3-16(20)15(19)8-12/h2-3,5,7-8,10-11,21H,4,6,9H2,1H3. The van der Waals surface area contributed by atoms with Gasteiger partial charge in [-0.3, -0.25) is 0 Å². The van der Waals surface area contributed by atoms with Crippen molar-refractivity contribution >= 4 is 11.6 Å². The number of nitrogens with zero attached hydrogens (tertiary/aromatic N) is 2. The van der Waals surface area contributed by atoms with Gasteiger partial charge < -0.3 is 19.9 Å². The predicted octanol–water partition coefficient (Wildman–Crippen LogP) is 3.66. The van der Waals surface area contributed by atoms with Gasteiger partial charge in [-0.2, -0.15) is 0 Å². The number of hydrogen-bond acceptors (Lipinski definition) is 4. The normalized spacial score (nSPS) is 18.8. The first-order valence-corrected chi connectivity index (χ1v) is 8.14. The van der Waals surface area contributed by atoms with E-state index in [0.717, 1.165) is 35.7 Å². The van der Waals surface area contributed by atoms with Crippen molar-refractivity contribution in [3.05, 3.63) is 82.1 Å². The molecule has 0 saturated carbocycles.